The molecule has 3 rings (SSSR count). The molecule has 2 aromatic rings. The molecule has 0 saturated carbocycles. The summed E-state index contributed by atoms with van der Waals surface area (Å²) in [5.74, 6) is 0.0796. The van der Waals surface area contributed by atoms with E-state index < -0.39 is 0 Å². The van der Waals surface area contributed by atoms with Gasteiger partial charge in [-0.15, -0.1) is 0 Å². The smallest absolute Gasteiger partial charge is 0.245 e. The zero-order chi connectivity index (χ0) is 16.4. The number of carbonyl (C=O) groups excluding carboxylic acids is 1. The van der Waals surface area contributed by atoms with Gasteiger partial charge in [-0.3, -0.25) is 4.79 Å². The molecule has 0 radical (unpaired) electrons. The predicted octanol–water partition coefficient (Wildman–Crippen LogP) is 2.87. The highest BCUT2D eigenvalue weighted by Gasteiger charge is 2.32. The Labute approximate surface area is 137 Å². The Morgan fingerprint density at radius 1 is 0.957 bits per heavy atom. The van der Waals surface area contributed by atoms with Crippen LogP contribution in [0, 0.1) is 13.8 Å². The minimum absolute atomic E-state index is 0.0796. The maximum Gasteiger partial charge on any atom is 0.245 e. The molecule has 23 heavy (non-hydrogen) atoms. The summed E-state index contributed by atoms with van der Waals surface area (Å²) in [5.41, 5.74) is 10.9. The van der Waals surface area contributed by atoms with Gasteiger partial charge in [0.05, 0.1) is 0 Å². The standard InChI is InChI=1S/C19H23N3O/c1-13-4-8-15(9-5-13)17-12-18(21-20-17)19(23)22(3)16-10-6-14(2)7-11-16/h4-11,17-18,20-21H,12H2,1-3H3. The molecule has 1 aliphatic heterocycles. The van der Waals surface area contributed by atoms with Gasteiger partial charge in [0.1, 0.15) is 6.04 Å². The number of aryl methyl sites for hydroxylation is 2. The highest BCUT2D eigenvalue weighted by molar-refractivity contribution is 5.96. The van der Waals surface area contributed by atoms with Crippen molar-refractivity contribution in [1.82, 2.24) is 10.9 Å². The fourth-order valence-corrected chi connectivity index (χ4v) is 2.86. The third-order valence-corrected chi connectivity index (χ3v) is 4.43. The first-order chi connectivity index (χ1) is 11.0. The summed E-state index contributed by atoms with van der Waals surface area (Å²) in [6.07, 6.45) is 0.748. The largest absolute Gasteiger partial charge is 0.314 e. The van der Waals surface area contributed by atoms with Crippen LogP contribution in [-0.2, 0) is 4.79 Å². The van der Waals surface area contributed by atoms with Crippen LogP contribution < -0.4 is 15.8 Å². The van der Waals surface area contributed by atoms with Crippen molar-refractivity contribution >= 4 is 11.6 Å². The van der Waals surface area contributed by atoms with E-state index in [1.54, 1.807) is 4.90 Å². The summed E-state index contributed by atoms with van der Waals surface area (Å²) >= 11 is 0. The number of hydrazine groups is 1. The van der Waals surface area contributed by atoms with Crippen LogP contribution in [0.5, 0.6) is 0 Å². The Morgan fingerprint density at radius 3 is 2.13 bits per heavy atom. The van der Waals surface area contributed by atoms with Crippen molar-refractivity contribution in [2.45, 2.75) is 32.4 Å². The van der Waals surface area contributed by atoms with Gasteiger partial charge >= 0.3 is 0 Å². The molecule has 2 atom stereocenters. The quantitative estimate of drug-likeness (QED) is 0.916. The van der Waals surface area contributed by atoms with Crippen LogP contribution >= 0.6 is 0 Å². The number of hydrogen-bond donors (Lipinski definition) is 2. The van der Waals surface area contributed by atoms with Gasteiger partial charge in [-0.1, -0.05) is 47.5 Å². The van der Waals surface area contributed by atoms with Crippen molar-refractivity contribution in [3.63, 3.8) is 0 Å². The monoisotopic (exact) mass is 309 g/mol. The molecular formula is C19H23N3O. The van der Waals surface area contributed by atoms with Crippen molar-refractivity contribution in [3.05, 3.63) is 65.2 Å². The average Bonchev–Trinajstić information content (AvgIpc) is 3.05. The summed E-state index contributed by atoms with van der Waals surface area (Å²) in [5, 5.41) is 0. The molecule has 4 heteroatoms. The highest BCUT2D eigenvalue weighted by atomic mass is 16.2. The first-order valence-corrected chi connectivity index (χ1v) is 7.96. The van der Waals surface area contributed by atoms with Crippen molar-refractivity contribution in [3.8, 4) is 0 Å². The molecule has 0 aliphatic carbocycles. The number of anilines is 1. The molecule has 0 bridgehead atoms. The van der Waals surface area contributed by atoms with E-state index in [1.165, 1.54) is 16.7 Å². The van der Waals surface area contributed by atoms with Gasteiger partial charge in [-0.2, -0.15) is 0 Å². The molecule has 1 amide bonds. The van der Waals surface area contributed by atoms with Gasteiger partial charge in [0.15, 0.2) is 0 Å². The Balaban J connectivity index is 1.67. The minimum Gasteiger partial charge on any atom is -0.314 e. The van der Waals surface area contributed by atoms with Crippen LogP contribution in [0.4, 0.5) is 5.69 Å². The predicted molar refractivity (Wildman–Crippen MR) is 93.2 cm³/mol. The van der Waals surface area contributed by atoms with E-state index in [4.69, 9.17) is 0 Å². The number of likely N-dealkylation sites (N-methyl/N-ethyl adjacent to an activating group) is 1. The first kappa shape index (κ1) is 15.7. The summed E-state index contributed by atoms with van der Waals surface area (Å²) in [4.78, 5) is 14.4. The van der Waals surface area contributed by atoms with Crippen LogP contribution in [0.2, 0.25) is 0 Å². The number of rotatable bonds is 3. The number of benzene rings is 2. The van der Waals surface area contributed by atoms with E-state index in [9.17, 15) is 4.79 Å². The van der Waals surface area contributed by atoms with Gasteiger partial charge in [0.25, 0.3) is 0 Å². The van der Waals surface area contributed by atoms with Gasteiger partial charge in [-0.25, -0.2) is 10.9 Å². The van der Waals surface area contributed by atoms with Gasteiger partial charge in [-0.05, 0) is 38.0 Å². The lowest BCUT2D eigenvalue weighted by molar-refractivity contribution is -0.120. The molecule has 1 aliphatic rings. The molecule has 120 valence electrons. The van der Waals surface area contributed by atoms with Gasteiger partial charge in [0, 0.05) is 18.8 Å². The maximum atomic E-state index is 12.7. The Bertz CT molecular complexity index is 679. The lowest BCUT2D eigenvalue weighted by Gasteiger charge is -2.21. The third kappa shape index (κ3) is 3.44. The van der Waals surface area contributed by atoms with E-state index in [1.807, 2.05) is 38.2 Å². The normalized spacial score (nSPS) is 20.5. The molecule has 1 fully saturated rings. The molecule has 0 aromatic heterocycles. The van der Waals surface area contributed by atoms with Crippen LogP contribution in [0.3, 0.4) is 0 Å². The van der Waals surface area contributed by atoms with Crippen LogP contribution in [0.25, 0.3) is 0 Å². The van der Waals surface area contributed by atoms with Gasteiger partial charge in [0.2, 0.25) is 5.91 Å². The molecule has 2 aromatic carbocycles. The lowest BCUT2D eigenvalue weighted by atomic mass is 10.0. The molecule has 1 saturated heterocycles. The second-order valence-electron chi connectivity index (χ2n) is 6.27. The van der Waals surface area contributed by atoms with Crippen molar-refractivity contribution < 1.29 is 4.79 Å². The molecule has 0 spiro atoms. The molecule has 2 unspecified atom stereocenters. The Hall–Kier alpha value is -2.17. The molecular weight excluding hydrogens is 286 g/mol. The van der Waals surface area contributed by atoms with E-state index in [-0.39, 0.29) is 18.0 Å². The fraction of sp³-hybridized carbons (Fsp3) is 0.316. The minimum atomic E-state index is -0.215. The van der Waals surface area contributed by atoms with E-state index in [0.29, 0.717) is 0 Å². The van der Waals surface area contributed by atoms with Crippen molar-refractivity contribution in [1.29, 1.82) is 0 Å². The third-order valence-electron chi connectivity index (χ3n) is 4.43. The number of hydrogen-bond acceptors (Lipinski definition) is 3. The summed E-state index contributed by atoms with van der Waals surface area (Å²) in [6, 6.07) is 16.4. The summed E-state index contributed by atoms with van der Waals surface area (Å²) in [6.45, 7) is 4.12. The Morgan fingerprint density at radius 2 is 1.52 bits per heavy atom. The van der Waals surface area contributed by atoms with Crippen molar-refractivity contribution in [2.75, 3.05) is 11.9 Å². The average molecular weight is 309 g/mol. The van der Waals surface area contributed by atoms with E-state index in [2.05, 4.69) is 42.0 Å². The molecule has 1 heterocycles. The SMILES string of the molecule is Cc1ccc(C2CC(C(=O)N(C)c3ccc(C)cc3)NN2)cc1. The maximum absolute atomic E-state index is 12.7. The fourth-order valence-electron chi connectivity index (χ4n) is 2.86. The summed E-state index contributed by atoms with van der Waals surface area (Å²) in [7, 11) is 1.83. The molecule has 4 nitrogen and oxygen atoms in total. The lowest BCUT2D eigenvalue weighted by Crippen LogP contribution is -2.44. The number of amides is 1. The zero-order valence-corrected chi connectivity index (χ0v) is 13.8. The number of nitrogens with one attached hydrogen (secondary N) is 2. The number of carbonyl (C=O) groups is 1. The second-order valence-corrected chi connectivity index (χ2v) is 6.27. The molecule has 2 N–H and O–H groups in total. The van der Waals surface area contributed by atoms with E-state index >= 15 is 0 Å². The highest BCUT2D eigenvalue weighted by Crippen LogP contribution is 2.24. The van der Waals surface area contributed by atoms with Gasteiger partial charge < -0.3 is 4.90 Å². The van der Waals surface area contributed by atoms with Crippen LogP contribution in [0.1, 0.15) is 29.2 Å². The second kappa shape index (κ2) is 6.52. The first-order valence-electron chi connectivity index (χ1n) is 7.96. The van der Waals surface area contributed by atoms with E-state index in [0.717, 1.165) is 12.1 Å². The summed E-state index contributed by atoms with van der Waals surface area (Å²) < 4.78 is 0. The number of nitrogens with zero attached hydrogens (tertiary/aromatic N) is 1. The topological polar surface area (TPSA) is 44.4 Å². The van der Waals surface area contributed by atoms with Crippen molar-refractivity contribution in [2.24, 2.45) is 0 Å². The Kier molecular flexibility index (Phi) is 4.46. The zero-order valence-electron chi connectivity index (χ0n) is 13.8. The van der Waals surface area contributed by atoms with Crippen LogP contribution in [0.15, 0.2) is 48.5 Å². The van der Waals surface area contributed by atoms with Crippen LogP contribution in [-0.4, -0.2) is 19.0 Å².